The number of aromatic hydroxyl groups is 1. The molecule has 0 bridgehead atoms. The van der Waals surface area contributed by atoms with Gasteiger partial charge in [-0.25, -0.2) is 0 Å². The molecular formula is C25H23N3O4S. The molecule has 1 aromatic heterocycles. The number of pyridine rings is 1. The van der Waals surface area contributed by atoms with E-state index in [0.29, 0.717) is 26.2 Å². The minimum absolute atomic E-state index is 0.00696. The van der Waals surface area contributed by atoms with Crippen LogP contribution in [0.3, 0.4) is 0 Å². The summed E-state index contributed by atoms with van der Waals surface area (Å²) in [6.45, 7) is 1.34. The minimum Gasteiger partial charge on any atom is -0.502 e. The summed E-state index contributed by atoms with van der Waals surface area (Å²) < 4.78 is 7.42. The largest absolute Gasteiger partial charge is 0.502 e. The summed E-state index contributed by atoms with van der Waals surface area (Å²) in [5.41, 5.74) is 2.96. The molecule has 8 heteroatoms. The maximum atomic E-state index is 13.5. The quantitative estimate of drug-likeness (QED) is 0.600. The Bertz CT molecular complexity index is 1260. The first-order chi connectivity index (χ1) is 16.1. The van der Waals surface area contributed by atoms with Crippen LogP contribution in [0.5, 0.6) is 5.75 Å². The zero-order valence-corrected chi connectivity index (χ0v) is 18.7. The van der Waals surface area contributed by atoms with Gasteiger partial charge in [0, 0.05) is 35.9 Å². The molecular weight excluding hydrogens is 438 g/mol. The highest BCUT2D eigenvalue weighted by atomic mass is 32.2. The Kier molecular flexibility index (Phi) is 4.92. The molecule has 2 aromatic carbocycles. The van der Waals surface area contributed by atoms with Crippen molar-refractivity contribution >= 4 is 17.7 Å². The molecule has 1 saturated heterocycles. The molecule has 1 N–H and O–H groups in total. The van der Waals surface area contributed by atoms with Crippen molar-refractivity contribution in [2.45, 2.75) is 29.3 Å². The molecule has 4 heterocycles. The lowest BCUT2D eigenvalue weighted by Crippen LogP contribution is -2.62. The molecule has 1 amide bonds. The van der Waals surface area contributed by atoms with Gasteiger partial charge in [-0.3, -0.25) is 19.3 Å². The number of thioether (sulfide) groups is 1. The first kappa shape index (κ1) is 20.4. The van der Waals surface area contributed by atoms with E-state index in [1.807, 2.05) is 18.2 Å². The van der Waals surface area contributed by atoms with Gasteiger partial charge in [0.05, 0.1) is 19.3 Å². The lowest BCUT2D eigenvalue weighted by Gasteiger charge is -2.49. The van der Waals surface area contributed by atoms with Crippen molar-refractivity contribution in [1.82, 2.24) is 9.58 Å². The van der Waals surface area contributed by atoms with Crippen LogP contribution in [0, 0.1) is 0 Å². The van der Waals surface area contributed by atoms with Gasteiger partial charge in [-0.15, -0.1) is 11.8 Å². The number of nitrogens with zero attached hydrogens (tertiary/aromatic N) is 3. The third-order valence-corrected chi connectivity index (χ3v) is 7.78. The van der Waals surface area contributed by atoms with Gasteiger partial charge in [0.1, 0.15) is 6.17 Å². The first-order valence-electron chi connectivity index (χ1n) is 11.1. The SMILES string of the molecule is O=C1c2c(O)c(=O)ccn2N([C@H]2c3ccccc3CSc3ccccc32)C2CCOCCN12. The molecule has 3 aliphatic heterocycles. The molecule has 1 unspecified atom stereocenters. The second kappa shape index (κ2) is 7.97. The van der Waals surface area contributed by atoms with Crippen LogP contribution < -0.4 is 10.4 Å². The molecule has 0 saturated carbocycles. The number of ether oxygens (including phenoxy) is 1. The van der Waals surface area contributed by atoms with E-state index in [2.05, 4.69) is 35.3 Å². The van der Waals surface area contributed by atoms with Crippen LogP contribution in [0.2, 0.25) is 0 Å². The Morgan fingerprint density at radius 3 is 2.64 bits per heavy atom. The van der Waals surface area contributed by atoms with E-state index >= 15 is 0 Å². The summed E-state index contributed by atoms with van der Waals surface area (Å²) in [5, 5.41) is 12.8. The summed E-state index contributed by atoms with van der Waals surface area (Å²) >= 11 is 1.80. The molecule has 33 heavy (non-hydrogen) atoms. The predicted octanol–water partition coefficient (Wildman–Crippen LogP) is 3.09. The lowest BCUT2D eigenvalue weighted by molar-refractivity contribution is 0.0557. The van der Waals surface area contributed by atoms with Crippen LogP contribution in [-0.4, -0.2) is 46.5 Å². The second-order valence-electron chi connectivity index (χ2n) is 8.41. The third-order valence-electron chi connectivity index (χ3n) is 6.64. The van der Waals surface area contributed by atoms with Crippen LogP contribution in [0.1, 0.15) is 39.6 Å². The molecule has 1 fully saturated rings. The molecule has 2 atom stereocenters. The van der Waals surface area contributed by atoms with Crippen molar-refractivity contribution in [3.8, 4) is 5.75 Å². The second-order valence-corrected chi connectivity index (χ2v) is 9.43. The van der Waals surface area contributed by atoms with Crippen molar-refractivity contribution in [3.63, 3.8) is 0 Å². The summed E-state index contributed by atoms with van der Waals surface area (Å²) in [6.07, 6.45) is 1.94. The van der Waals surface area contributed by atoms with Crippen molar-refractivity contribution < 1.29 is 14.6 Å². The summed E-state index contributed by atoms with van der Waals surface area (Å²) in [4.78, 5) is 28.7. The zero-order chi connectivity index (χ0) is 22.5. The Morgan fingerprint density at radius 1 is 0.970 bits per heavy atom. The van der Waals surface area contributed by atoms with Crippen LogP contribution in [0.4, 0.5) is 0 Å². The standard InChI is InChI=1S/C25H23N3O4S/c29-19-9-11-27-23(24(19)30)25(31)26-12-14-32-13-10-21(26)28(27)22-17-6-2-1-5-16(17)15-33-20-8-4-3-7-18(20)22/h1-9,11,21-22,30H,10,12-15H2/t21?,22-/m0/s1. The Hall–Kier alpha value is -3.23. The minimum atomic E-state index is -0.559. The van der Waals surface area contributed by atoms with Gasteiger partial charge in [0.15, 0.2) is 11.4 Å². The number of hydrogen-bond acceptors (Lipinski definition) is 6. The van der Waals surface area contributed by atoms with Crippen LogP contribution in [0.15, 0.2) is 70.5 Å². The van der Waals surface area contributed by atoms with Crippen molar-refractivity contribution in [2.24, 2.45) is 0 Å². The number of rotatable bonds is 1. The van der Waals surface area contributed by atoms with Gasteiger partial charge in [-0.1, -0.05) is 42.5 Å². The molecule has 0 aliphatic carbocycles. The average molecular weight is 462 g/mol. The Balaban J connectivity index is 1.66. The normalized spacial score (nSPS) is 21.9. The fourth-order valence-corrected chi connectivity index (χ4v) is 6.23. The number of hydrogen-bond donors (Lipinski definition) is 1. The highest BCUT2D eigenvalue weighted by molar-refractivity contribution is 7.98. The van der Waals surface area contributed by atoms with Crippen molar-refractivity contribution in [3.05, 3.63) is 93.4 Å². The third kappa shape index (κ3) is 3.16. The monoisotopic (exact) mass is 461 g/mol. The van der Waals surface area contributed by atoms with Crippen molar-refractivity contribution in [1.29, 1.82) is 0 Å². The van der Waals surface area contributed by atoms with E-state index in [1.165, 1.54) is 16.5 Å². The fourth-order valence-electron chi connectivity index (χ4n) is 5.13. The maximum absolute atomic E-state index is 13.5. The van der Waals surface area contributed by atoms with Gasteiger partial charge in [0.2, 0.25) is 5.43 Å². The Labute approximate surface area is 195 Å². The molecule has 7 nitrogen and oxygen atoms in total. The highest BCUT2D eigenvalue weighted by Gasteiger charge is 2.44. The van der Waals surface area contributed by atoms with E-state index in [0.717, 1.165) is 16.9 Å². The number of fused-ring (bicyclic) bond motifs is 4. The average Bonchev–Trinajstić information content (AvgIpc) is 3.18. The number of aromatic nitrogens is 1. The lowest BCUT2D eigenvalue weighted by atomic mass is 9.93. The molecule has 0 radical (unpaired) electrons. The van der Waals surface area contributed by atoms with Crippen LogP contribution in [0.25, 0.3) is 0 Å². The van der Waals surface area contributed by atoms with Gasteiger partial charge >= 0.3 is 0 Å². The van der Waals surface area contributed by atoms with Gasteiger partial charge in [-0.2, -0.15) is 0 Å². The maximum Gasteiger partial charge on any atom is 0.278 e. The summed E-state index contributed by atoms with van der Waals surface area (Å²) in [5.74, 6) is -0.0156. The number of carbonyl (C=O) groups is 1. The molecule has 3 aliphatic rings. The van der Waals surface area contributed by atoms with Crippen LogP contribution in [-0.2, 0) is 10.5 Å². The fraction of sp³-hybridized carbons (Fsp3) is 0.280. The molecule has 0 spiro atoms. The van der Waals surface area contributed by atoms with Gasteiger partial charge in [0.25, 0.3) is 5.91 Å². The van der Waals surface area contributed by atoms with Gasteiger partial charge in [-0.05, 0) is 22.8 Å². The van der Waals surface area contributed by atoms with E-state index in [-0.39, 0.29) is 23.8 Å². The number of benzene rings is 2. The topological polar surface area (TPSA) is 75.0 Å². The number of carbonyl (C=O) groups excluding carboxylic acids is 1. The van der Waals surface area contributed by atoms with Crippen molar-refractivity contribution in [2.75, 3.05) is 24.8 Å². The highest BCUT2D eigenvalue weighted by Crippen LogP contribution is 2.44. The van der Waals surface area contributed by atoms with Crippen LogP contribution >= 0.6 is 11.8 Å². The molecule has 6 rings (SSSR count). The van der Waals surface area contributed by atoms with E-state index in [4.69, 9.17) is 4.74 Å². The first-order valence-corrected chi connectivity index (χ1v) is 12.0. The number of amides is 1. The zero-order valence-electron chi connectivity index (χ0n) is 17.9. The van der Waals surface area contributed by atoms with E-state index < -0.39 is 11.2 Å². The smallest absolute Gasteiger partial charge is 0.278 e. The predicted molar refractivity (Wildman–Crippen MR) is 125 cm³/mol. The van der Waals surface area contributed by atoms with E-state index in [9.17, 15) is 14.7 Å². The Morgan fingerprint density at radius 2 is 1.76 bits per heavy atom. The molecule has 3 aromatic rings. The van der Waals surface area contributed by atoms with E-state index in [1.54, 1.807) is 27.5 Å². The summed E-state index contributed by atoms with van der Waals surface area (Å²) in [6, 6.07) is 17.8. The molecule has 168 valence electrons. The van der Waals surface area contributed by atoms with Gasteiger partial charge < -0.3 is 14.7 Å². The summed E-state index contributed by atoms with van der Waals surface area (Å²) in [7, 11) is 0.